The van der Waals surface area contributed by atoms with Gasteiger partial charge in [0.25, 0.3) is 0 Å². The van der Waals surface area contributed by atoms with Crippen LogP contribution in [0.2, 0.25) is 13.1 Å². The van der Waals surface area contributed by atoms with Crippen molar-refractivity contribution in [3.05, 3.63) is 46.1 Å². The number of nitrogens with one attached hydrogen (secondary N) is 2. The van der Waals surface area contributed by atoms with Crippen LogP contribution >= 0.6 is 0 Å². The van der Waals surface area contributed by atoms with Gasteiger partial charge in [-0.2, -0.15) is 0 Å². The molecule has 3 rings (SSSR count). The summed E-state index contributed by atoms with van der Waals surface area (Å²) in [5.41, 5.74) is 6.95. The monoisotopic (exact) mass is 396 g/mol. The highest BCUT2D eigenvalue weighted by molar-refractivity contribution is 6.71. The Bertz CT molecular complexity index is 854. The SMILES string of the molecule is CC1=C(C)C(C2=CC=CC2)C2=C1C(C)(C)C(=[Si](C)C)C(NC=O)C(NC=O)C2. The molecule has 0 spiro atoms. The van der Waals surface area contributed by atoms with Gasteiger partial charge in [0.05, 0.1) is 12.1 Å². The Labute approximate surface area is 170 Å². The summed E-state index contributed by atoms with van der Waals surface area (Å²) in [6.45, 7) is 13.7. The second kappa shape index (κ2) is 7.78. The summed E-state index contributed by atoms with van der Waals surface area (Å²) in [7, 11) is -0.844. The van der Waals surface area contributed by atoms with E-state index in [9.17, 15) is 9.59 Å². The van der Waals surface area contributed by atoms with Crippen LogP contribution in [0.5, 0.6) is 0 Å². The van der Waals surface area contributed by atoms with Crippen LogP contribution in [0.3, 0.4) is 0 Å². The number of carbonyl (C=O) groups excluding carboxylic acids is 2. The van der Waals surface area contributed by atoms with Crippen LogP contribution in [-0.4, -0.2) is 38.5 Å². The van der Waals surface area contributed by atoms with E-state index >= 15 is 0 Å². The third-order valence-corrected chi connectivity index (χ3v) is 8.77. The Morgan fingerprint density at radius 3 is 2.36 bits per heavy atom. The van der Waals surface area contributed by atoms with Crippen molar-refractivity contribution in [3.8, 4) is 0 Å². The van der Waals surface area contributed by atoms with Gasteiger partial charge in [0.15, 0.2) is 0 Å². The Hall–Kier alpha value is -2.01. The van der Waals surface area contributed by atoms with E-state index in [1.807, 2.05) is 0 Å². The van der Waals surface area contributed by atoms with Gasteiger partial charge in [0.2, 0.25) is 12.8 Å². The standard InChI is InChI=1S/C23H32N2O2Si/c1-14-15(2)20-17(19(14)16-9-7-8-10-16)11-18(24-12-26)21(25-13-27)22(28(5)6)23(20,3)4/h7-9,12-13,18-19,21H,10-11H2,1-6H3,(H,24,26)(H,25,27). The molecule has 0 aromatic rings. The molecule has 0 saturated heterocycles. The maximum Gasteiger partial charge on any atom is 0.207 e. The molecular weight excluding hydrogens is 364 g/mol. The maximum atomic E-state index is 11.5. The highest BCUT2D eigenvalue weighted by Crippen LogP contribution is 2.53. The van der Waals surface area contributed by atoms with Crippen LogP contribution in [0.4, 0.5) is 0 Å². The van der Waals surface area contributed by atoms with Gasteiger partial charge >= 0.3 is 0 Å². The van der Waals surface area contributed by atoms with E-state index in [-0.39, 0.29) is 17.5 Å². The topological polar surface area (TPSA) is 58.2 Å². The lowest BCUT2D eigenvalue weighted by Gasteiger charge is -2.37. The minimum atomic E-state index is -0.844. The van der Waals surface area contributed by atoms with E-state index in [1.54, 1.807) is 0 Å². The fraction of sp³-hybridized carbons (Fsp3) is 0.522. The molecule has 0 aromatic carbocycles. The Morgan fingerprint density at radius 1 is 1.14 bits per heavy atom. The molecule has 3 aliphatic carbocycles. The minimum absolute atomic E-state index is 0.125. The quantitative estimate of drug-likeness (QED) is 0.553. The van der Waals surface area contributed by atoms with Gasteiger partial charge in [-0.05, 0) is 37.8 Å². The Balaban J connectivity index is 2.24. The molecule has 3 unspecified atom stereocenters. The van der Waals surface area contributed by atoms with Crippen LogP contribution in [0.1, 0.15) is 40.5 Å². The first kappa shape index (κ1) is 20.7. The van der Waals surface area contributed by atoms with Gasteiger partial charge in [-0.25, -0.2) is 0 Å². The van der Waals surface area contributed by atoms with Crippen LogP contribution in [0, 0.1) is 11.3 Å². The zero-order chi connectivity index (χ0) is 20.6. The summed E-state index contributed by atoms with van der Waals surface area (Å²) in [6, 6.07) is -0.267. The Morgan fingerprint density at radius 2 is 1.82 bits per heavy atom. The van der Waals surface area contributed by atoms with Gasteiger partial charge in [-0.1, -0.05) is 67.1 Å². The molecule has 150 valence electrons. The first-order valence-electron chi connectivity index (χ1n) is 10.1. The van der Waals surface area contributed by atoms with E-state index < -0.39 is 8.41 Å². The molecule has 5 heteroatoms. The molecule has 0 radical (unpaired) electrons. The lowest BCUT2D eigenvalue weighted by atomic mass is 9.76. The summed E-state index contributed by atoms with van der Waals surface area (Å²) < 4.78 is 0. The molecule has 2 N–H and O–H groups in total. The maximum absolute atomic E-state index is 11.5. The molecule has 2 amide bonds. The van der Waals surface area contributed by atoms with Crippen molar-refractivity contribution in [1.82, 2.24) is 10.6 Å². The molecule has 3 atom stereocenters. The summed E-state index contributed by atoms with van der Waals surface area (Å²) in [6.07, 6.45) is 9.93. The fourth-order valence-corrected chi connectivity index (χ4v) is 8.14. The molecule has 28 heavy (non-hydrogen) atoms. The van der Waals surface area contributed by atoms with Crippen LogP contribution in [-0.2, 0) is 9.59 Å². The average Bonchev–Trinajstić information content (AvgIpc) is 3.19. The predicted octanol–water partition coefficient (Wildman–Crippen LogP) is 3.30. The molecule has 0 aliphatic heterocycles. The molecule has 0 fully saturated rings. The molecule has 3 aliphatic rings. The third kappa shape index (κ3) is 3.19. The van der Waals surface area contributed by atoms with Crippen molar-refractivity contribution < 1.29 is 9.59 Å². The fourth-order valence-electron chi connectivity index (χ4n) is 5.86. The minimum Gasteiger partial charge on any atom is -0.353 e. The van der Waals surface area contributed by atoms with E-state index in [4.69, 9.17) is 0 Å². The lowest BCUT2D eigenvalue weighted by Crippen LogP contribution is -2.56. The highest BCUT2D eigenvalue weighted by Gasteiger charge is 2.47. The zero-order valence-corrected chi connectivity index (χ0v) is 18.8. The van der Waals surface area contributed by atoms with Gasteiger partial charge in [-0.3, -0.25) is 9.59 Å². The van der Waals surface area contributed by atoms with Gasteiger partial charge < -0.3 is 10.6 Å². The number of allylic oxidation sites excluding steroid dienone is 7. The predicted molar refractivity (Wildman–Crippen MR) is 118 cm³/mol. The molecule has 0 aromatic heterocycles. The first-order valence-corrected chi connectivity index (χ1v) is 12.6. The van der Waals surface area contributed by atoms with Crippen molar-refractivity contribution >= 4 is 26.4 Å². The van der Waals surface area contributed by atoms with E-state index in [2.05, 4.69) is 69.7 Å². The molecule has 0 bridgehead atoms. The summed E-state index contributed by atoms with van der Waals surface area (Å²) in [5.74, 6) is 0.306. The van der Waals surface area contributed by atoms with Gasteiger partial charge in [0.1, 0.15) is 0 Å². The molecule has 0 saturated carbocycles. The third-order valence-electron chi connectivity index (χ3n) is 6.76. The van der Waals surface area contributed by atoms with Crippen LogP contribution < -0.4 is 10.6 Å². The number of hydrogen-bond acceptors (Lipinski definition) is 2. The summed E-state index contributed by atoms with van der Waals surface area (Å²) in [4.78, 5) is 22.9. The smallest absolute Gasteiger partial charge is 0.207 e. The largest absolute Gasteiger partial charge is 0.353 e. The number of rotatable bonds is 5. The highest BCUT2D eigenvalue weighted by atomic mass is 28.2. The molecule has 4 nitrogen and oxygen atoms in total. The first-order chi connectivity index (χ1) is 13.3. The van der Waals surface area contributed by atoms with Crippen molar-refractivity contribution in [2.24, 2.45) is 11.3 Å². The molecule has 0 heterocycles. The zero-order valence-electron chi connectivity index (χ0n) is 17.8. The summed E-state index contributed by atoms with van der Waals surface area (Å²) in [5, 5.41) is 7.48. The van der Waals surface area contributed by atoms with Crippen molar-refractivity contribution in [3.63, 3.8) is 0 Å². The number of hydrogen-bond donors (Lipinski definition) is 2. The number of amides is 2. The van der Waals surface area contributed by atoms with Gasteiger partial charge in [0, 0.05) is 19.7 Å². The number of carbonyl (C=O) groups is 2. The van der Waals surface area contributed by atoms with Crippen molar-refractivity contribution in [2.45, 2.75) is 65.7 Å². The normalized spacial score (nSPS) is 28.7. The second-order valence-corrected chi connectivity index (χ2v) is 11.4. The van der Waals surface area contributed by atoms with E-state index in [0.29, 0.717) is 5.92 Å². The Kier molecular flexibility index (Phi) is 5.76. The lowest BCUT2D eigenvalue weighted by molar-refractivity contribution is -0.112. The van der Waals surface area contributed by atoms with Crippen molar-refractivity contribution in [1.29, 1.82) is 0 Å². The second-order valence-electron chi connectivity index (χ2n) is 8.91. The summed E-state index contributed by atoms with van der Waals surface area (Å²) >= 11 is 0. The van der Waals surface area contributed by atoms with E-state index in [1.165, 1.54) is 33.0 Å². The van der Waals surface area contributed by atoms with Crippen LogP contribution in [0.15, 0.2) is 46.1 Å². The average molecular weight is 397 g/mol. The van der Waals surface area contributed by atoms with Crippen molar-refractivity contribution in [2.75, 3.05) is 0 Å². The van der Waals surface area contributed by atoms with Crippen LogP contribution in [0.25, 0.3) is 0 Å². The molecular formula is C23H32N2O2Si. The van der Waals surface area contributed by atoms with Gasteiger partial charge in [-0.15, -0.1) is 0 Å². The van der Waals surface area contributed by atoms with E-state index in [0.717, 1.165) is 25.7 Å².